The van der Waals surface area contributed by atoms with Crippen LogP contribution in [-0.2, 0) is 32.7 Å². The first kappa shape index (κ1) is 68.0. The summed E-state index contributed by atoms with van der Waals surface area (Å²) in [5, 5.41) is 0. The molecule has 0 saturated carbocycles. The minimum absolute atomic E-state index is 0.0258. The number of esters is 2. The van der Waals surface area contributed by atoms with E-state index in [1.807, 2.05) is 21.1 Å². The predicted octanol–water partition coefficient (Wildman–Crippen LogP) is 18.0. The highest BCUT2D eigenvalue weighted by atomic mass is 31.2. The average molecular weight is 1000 g/mol. The quantitative estimate of drug-likeness (QED) is 0.0256. The van der Waals surface area contributed by atoms with Crippen molar-refractivity contribution >= 4 is 19.8 Å². The molecule has 0 aromatic carbocycles. The van der Waals surface area contributed by atoms with Crippen molar-refractivity contribution < 1.29 is 42.1 Å². The molecule has 0 aromatic heterocycles. The number of unbranched alkanes of at least 4 members (excludes halogenated alkanes) is 43. The second kappa shape index (κ2) is 51.9. The summed E-state index contributed by atoms with van der Waals surface area (Å²) in [6.45, 7) is 4.23. The molecule has 0 aliphatic carbocycles. The Balaban J connectivity index is 3.73. The van der Waals surface area contributed by atoms with Crippen molar-refractivity contribution in [3.05, 3.63) is 0 Å². The van der Waals surface area contributed by atoms with E-state index in [0.717, 1.165) is 32.1 Å². The highest BCUT2D eigenvalue weighted by Gasteiger charge is 2.22. The Morgan fingerprint density at radius 1 is 0.391 bits per heavy atom. The summed E-state index contributed by atoms with van der Waals surface area (Å²) in [7, 11) is 1.19. The van der Waals surface area contributed by atoms with Gasteiger partial charge in [0.15, 0.2) is 6.10 Å². The fraction of sp³-hybridized carbons (Fsp3) is 0.966. The maximum atomic E-state index is 12.7. The minimum atomic E-state index is -4.62. The fourth-order valence-corrected chi connectivity index (χ4v) is 9.92. The van der Waals surface area contributed by atoms with E-state index in [0.29, 0.717) is 17.4 Å². The second-order valence-corrected chi connectivity index (χ2v) is 23.5. The Morgan fingerprint density at radius 2 is 0.652 bits per heavy atom. The molecule has 0 saturated heterocycles. The van der Waals surface area contributed by atoms with Crippen LogP contribution in [0.15, 0.2) is 0 Å². The van der Waals surface area contributed by atoms with E-state index in [1.165, 1.54) is 250 Å². The van der Waals surface area contributed by atoms with Crippen LogP contribution in [0.3, 0.4) is 0 Å². The van der Waals surface area contributed by atoms with Crippen LogP contribution in [0.2, 0.25) is 0 Å². The lowest BCUT2D eigenvalue weighted by molar-refractivity contribution is -0.870. The first-order chi connectivity index (χ1) is 33.5. The number of carbonyl (C=O) groups is 2. The molecule has 412 valence electrons. The zero-order valence-corrected chi connectivity index (χ0v) is 47.7. The Bertz CT molecular complexity index is 1130. The summed E-state index contributed by atoms with van der Waals surface area (Å²) in [5.74, 6) is -0.823. The van der Waals surface area contributed by atoms with Crippen LogP contribution >= 0.6 is 7.82 Å². The Morgan fingerprint density at radius 3 is 0.928 bits per heavy atom. The molecule has 9 nitrogen and oxygen atoms in total. The summed E-state index contributed by atoms with van der Waals surface area (Å²) >= 11 is 0. The van der Waals surface area contributed by atoms with Crippen LogP contribution in [0.25, 0.3) is 0 Å². The molecule has 69 heavy (non-hydrogen) atoms. The Hall–Kier alpha value is -0.990. The van der Waals surface area contributed by atoms with Crippen LogP contribution in [0.1, 0.15) is 316 Å². The van der Waals surface area contributed by atoms with Gasteiger partial charge < -0.3 is 27.9 Å². The second-order valence-electron chi connectivity index (χ2n) is 22.1. The summed E-state index contributed by atoms with van der Waals surface area (Å²) in [6.07, 6.45) is 59.5. The van der Waals surface area contributed by atoms with E-state index in [9.17, 15) is 19.0 Å². The third-order valence-corrected chi connectivity index (χ3v) is 14.8. The molecule has 0 N–H and O–H groups in total. The van der Waals surface area contributed by atoms with Crippen molar-refractivity contribution in [2.45, 2.75) is 322 Å². The van der Waals surface area contributed by atoms with Gasteiger partial charge in [0.2, 0.25) is 0 Å². The van der Waals surface area contributed by atoms with Crippen LogP contribution < -0.4 is 4.89 Å². The normalized spacial score (nSPS) is 13.2. The molecule has 0 aliphatic rings. The number of hydrogen-bond donors (Lipinski definition) is 0. The SMILES string of the molecule is CCCCCCCCCCCCCCCCCCCCCCCCCCCCCCCCCCCCCCCCC(=O)OC(COC(=O)CCCCCCCCC)COP(=O)([O-])OCC[N+](C)(C)C. The number of phosphoric ester groups is 1. The molecule has 0 bridgehead atoms. The molecule has 0 amide bonds. The Labute approximate surface area is 429 Å². The van der Waals surface area contributed by atoms with Gasteiger partial charge in [-0.15, -0.1) is 0 Å². The first-order valence-corrected chi connectivity index (χ1v) is 31.7. The highest BCUT2D eigenvalue weighted by molar-refractivity contribution is 7.45. The highest BCUT2D eigenvalue weighted by Crippen LogP contribution is 2.38. The lowest BCUT2D eigenvalue weighted by atomic mass is 10.0. The van der Waals surface area contributed by atoms with E-state index in [-0.39, 0.29) is 32.0 Å². The standard InChI is InChI=1S/C59H118NO8P/c1-6-8-10-12-14-15-16-17-18-19-20-21-22-23-24-25-26-27-28-29-30-31-32-33-34-35-36-37-38-39-40-41-42-43-44-46-48-50-52-59(62)68-57(56-67-69(63,64)66-54-53-60(3,4)5)55-65-58(61)51-49-47-45-13-11-9-7-2/h57H,6-56H2,1-5H3. The zero-order chi connectivity index (χ0) is 50.6. The van der Waals surface area contributed by atoms with Gasteiger partial charge in [0.25, 0.3) is 7.82 Å². The molecule has 0 aliphatic heterocycles. The molecule has 0 spiro atoms. The number of rotatable bonds is 57. The largest absolute Gasteiger partial charge is 0.756 e. The lowest BCUT2D eigenvalue weighted by Crippen LogP contribution is -2.37. The van der Waals surface area contributed by atoms with Gasteiger partial charge in [-0.3, -0.25) is 14.2 Å². The van der Waals surface area contributed by atoms with Gasteiger partial charge in [-0.25, -0.2) is 0 Å². The summed E-state index contributed by atoms with van der Waals surface area (Å²) in [6, 6.07) is 0. The number of carbonyl (C=O) groups excluding carboxylic acids is 2. The first-order valence-electron chi connectivity index (χ1n) is 30.2. The van der Waals surface area contributed by atoms with Gasteiger partial charge >= 0.3 is 11.9 Å². The van der Waals surface area contributed by atoms with Crippen molar-refractivity contribution in [2.24, 2.45) is 0 Å². The number of hydrogen-bond acceptors (Lipinski definition) is 8. The topological polar surface area (TPSA) is 111 Å². The summed E-state index contributed by atoms with van der Waals surface area (Å²) < 4.78 is 33.9. The maximum Gasteiger partial charge on any atom is 0.306 e. The third kappa shape index (κ3) is 56.2. The van der Waals surface area contributed by atoms with Gasteiger partial charge in [-0.2, -0.15) is 0 Å². The van der Waals surface area contributed by atoms with Crippen molar-refractivity contribution in [3.63, 3.8) is 0 Å². The maximum absolute atomic E-state index is 12.7. The van der Waals surface area contributed by atoms with E-state index in [1.54, 1.807) is 0 Å². The van der Waals surface area contributed by atoms with E-state index < -0.39 is 26.5 Å². The summed E-state index contributed by atoms with van der Waals surface area (Å²) in [5.41, 5.74) is 0. The van der Waals surface area contributed by atoms with Crippen LogP contribution in [-0.4, -0.2) is 70.0 Å². The van der Waals surface area contributed by atoms with Crippen molar-refractivity contribution in [1.82, 2.24) is 0 Å². The molecule has 0 heterocycles. The number of likely N-dealkylation sites (N-methyl/N-ethyl adjacent to an activating group) is 1. The van der Waals surface area contributed by atoms with E-state index in [4.69, 9.17) is 18.5 Å². The van der Waals surface area contributed by atoms with Crippen molar-refractivity contribution in [1.29, 1.82) is 0 Å². The van der Waals surface area contributed by atoms with Crippen molar-refractivity contribution in [2.75, 3.05) is 47.5 Å². The Kier molecular flexibility index (Phi) is 51.1. The van der Waals surface area contributed by atoms with Crippen LogP contribution in [0.4, 0.5) is 0 Å². The van der Waals surface area contributed by atoms with Crippen LogP contribution in [0.5, 0.6) is 0 Å². The van der Waals surface area contributed by atoms with Gasteiger partial charge in [-0.1, -0.05) is 290 Å². The smallest absolute Gasteiger partial charge is 0.306 e. The number of ether oxygens (including phenoxy) is 2. The van der Waals surface area contributed by atoms with Gasteiger partial charge in [0.05, 0.1) is 27.7 Å². The summed E-state index contributed by atoms with van der Waals surface area (Å²) in [4.78, 5) is 37.5. The molecule has 0 aromatic rings. The lowest BCUT2D eigenvalue weighted by Gasteiger charge is -2.28. The molecule has 10 heteroatoms. The number of phosphoric acid groups is 1. The monoisotopic (exact) mass is 1000 g/mol. The zero-order valence-electron chi connectivity index (χ0n) is 46.8. The van der Waals surface area contributed by atoms with E-state index in [2.05, 4.69) is 13.8 Å². The third-order valence-electron chi connectivity index (χ3n) is 13.9. The molecule has 0 rings (SSSR count). The molecule has 2 unspecified atom stereocenters. The molecular weight excluding hydrogens is 882 g/mol. The fourth-order valence-electron chi connectivity index (χ4n) is 9.19. The van der Waals surface area contributed by atoms with Gasteiger partial charge in [0.1, 0.15) is 19.8 Å². The molecule has 0 radical (unpaired) electrons. The molecule has 2 atom stereocenters. The van der Waals surface area contributed by atoms with Gasteiger partial charge in [-0.05, 0) is 12.8 Å². The average Bonchev–Trinajstić information content (AvgIpc) is 3.31. The number of quaternary nitrogens is 1. The molecular formula is C59H118NO8P. The van der Waals surface area contributed by atoms with Crippen LogP contribution in [0, 0.1) is 0 Å². The van der Waals surface area contributed by atoms with Crippen molar-refractivity contribution in [3.8, 4) is 0 Å². The predicted molar refractivity (Wildman–Crippen MR) is 292 cm³/mol. The van der Waals surface area contributed by atoms with Gasteiger partial charge in [0, 0.05) is 12.8 Å². The molecule has 0 fully saturated rings. The number of nitrogens with zero attached hydrogens (tertiary/aromatic N) is 1. The minimum Gasteiger partial charge on any atom is -0.756 e. The van der Waals surface area contributed by atoms with E-state index >= 15 is 0 Å².